The zero-order chi connectivity index (χ0) is 47.8. The first-order valence-corrected chi connectivity index (χ1v) is 23.2. The van der Waals surface area contributed by atoms with E-state index < -0.39 is 11.1 Å². The number of piperazine rings is 2. The number of fused-ring (bicyclic) bond motifs is 2. The smallest absolute Gasteiger partial charge is 0.410 e. The first-order chi connectivity index (χ1) is 31.5. The van der Waals surface area contributed by atoms with Crippen LogP contribution in [0.3, 0.4) is 0 Å². The fraction of sp³-hybridized carbons (Fsp3) is 0.471. The monoisotopic (exact) mass is 916 g/mol. The molecule has 2 aromatic carbocycles. The lowest BCUT2D eigenvalue weighted by Gasteiger charge is -2.46. The Morgan fingerprint density at radius 3 is 1.51 bits per heavy atom. The molecule has 4 aliphatic rings. The molecule has 6 aromatic rings. The third kappa shape index (κ3) is 9.24. The van der Waals surface area contributed by atoms with E-state index in [0.717, 1.165) is 72.4 Å². The van der Waals surface area contributed by atoms with E-state index in [9.17, 15) is 23.2 Å². The number of nitrogens with one attached hydrogen (secondary N) is 1. The molecule has 1 N–H and O–H groups in total. The van der Waals surface area contributed by atoms with Crippen molar-refractivity contribution >= 4 is 29.2 Å². The summed E-state index contributed by atoms with van der Waals surface area (Å²) >= 11 is 0. The molecule has 2 saturated heterocycles. The number of benzene rings is 2. The Kier molecular flexibility index (Phi) is 11.3. The molecule has 0 atom stereocenters. The van der Waals surface area contributed by atoms with E-state index in [1.54, 1.807) is 55.5 Å². The van der Waals surface area contributed by atoms with Gasteiger partial charge >= 0.3 is 6.09 Å². The van der Waals surface area contributed by atoms with Gasteiger partial charge in [0, 0.05) is 62.9 Å². The minimum atomic E-state index is -0.611. The number of halogens is 2. The van der Waals surface area contributed by atoms with Crippen LogP contribution in [0.1, 0.15) is 122 Å². The van der Waals surface area contributed by atoms with Crippen molar-refractivity contribution in [3.05, 3.63) is 107 Å². The van der Waals surface area contributed by atoms with Gasteiger partial charge in [-0.1, -0.05) is 13.8 Å². The summed E-state index contributed by atoms with van der Waals surface area (Å²) in [5.74, 6) is -0.843. The van der Waals surface area contributed by atoms with Crippen LogP contribution < -0.4 is 5.32 Å². The van der Waals surface area contributed by atoms with Crippen molar-refractivity contribution in [2.75, 3.05) is 39.3 Å². The van der Waals surface area contributed by atoms with Crippen LogP contribution in [0.5, 0.6) is 0 Å². The highest BCUT2D eigenvalue weighted by Gasteiger charge is 2.45. The van der Waals surface area contributed by atoms with Crippen molar-refractivity contribution in [3.8, 4) is 22.5 Å². The number of carbonyl (C=O) groups excluding carboxylic acids is 3. The Morgan fingerprint density at radius 2 is 1.10 bits per heavy atom. The minimum absolute atomic E-state index is 0. The van der Waals surface area contributed by atoms with E-state index in [4.69, 9.17) is 24.9 Å². The number of rotatable bonds is 6. The lowest BCUT2D eigenvalue weighted by molar-refractivity contribution is -0.0110. The van der Waals surface area contributed by atoms with Crippen LogP contribution in [0.15, 0.2) is 73.1 Å². The van der Waals surface area contributed by atoms with Crippen LogP contribution in [-0.4, -0.2) is 118 Å². The second-order valence-electron chi connectivity index (χ2n) is 21.4. The van der Waals surface area contributed by atoms with Crippen LogP contribution in [0.4, 0.5) is 13.6 Å². The first-order valence-electron chi connectivity index (χ1n) is 23.2. The number of ether oxygens (including phenoxy) is 1. The van der Waals surface area contributed by atoms with Gasteiger partial charge in [0.25, 0.3) is 11.8 Å². The van der Waals surface area contributed by atoms with Gasteiger partial charge in [0.2, 0.25) is 0 Å². The average Bonchev–Trinajstić information content (AvgIpc) is 4.09. The number of aromatic nitrogens is 6. The Labute approximate surface area is 391 Å². The van der Waals surface area contributed by atoms with Gasteiger partial charge in [-0.25, -0.2) is 32.6 Å². The molecule has 2 aliphatic heterocycles. The number of hydrogen-bond acceptors (Lipinski definition) is 9. The van der Waals surface area contributed by atoms with Gasteiger partial charge in [-0.15, -0.1) is 0 Å². The summed E-state index contributed by atoms with van der Waals surface area (Å²) in [6, 6.07) is 16.7. The predicted octanol–water partition coefficient (Wildman–Crippen LogP) is 8.72. The topological polar surface area (TPSA) is 143 Å². The summed E-state index contributed by atoms with van der Waals surface area (Å²) in [5, 5.41) is 12.8. The van der Waals surface area contributed by atoms with Crippen molar-refractivity contribution in [1.29, 1.82) is 0 Å². The maximum atomic E-state index is 13.7. The highest BCUT2D eigenvalue weighted by Crippen LogP contribution is 2.50. The maximum Gasteiger partial charge on any atom is 0.410 e. The van der Waals surface area contributed by atoms with Crippen LogP contribution in [0, 0.1) is 11.6 Å². The molecular formula is C51H62F2N10O4. The molecule has 2 saturated carbocycles. The standard InChI is InChI=1S/C28H34FN5O3.C23H26FN5O.H2/c1-26(2,3)37-25(36)32-13-14-33(27(4,5)17-32)24(35)22-16-34-23(30-22)20(28(6)11-12-28)15-21(31-34)18-7-9-19(29)10-8-18;1-22(2)14-25-10-11-28(22)21(30)19-13-29-20(26-19)17(23(3)8-9-23)12-18(27-29)15-4-6-16(24)7-5-15;/h7-10,15-16H,11-14,17H2,1-6H3;4-7,12-13,25H,8-11,14H2,1-3H3;1H. The Morgan fingerprint density at radius 1 is 0.657 bits per heavy atom. The number of imidazole rings is 2. The zero-order valence-electron chi connectivity index (χ0n) is 39.9. The largest absolute Gasteiger partial charge is 0.444 e. The van der Waals surface area contributed by atoms with Crippen molar-refractivity contribution in [3.63, 3.8) is 0 Å². The van der Waals surface area contributed by atoms with Gasteiger partial charge in [-0.2, -0.15) is 10.2 Å². The Balaban J connectivity index is 0.000000185. The summed E-state index contributed by atoms with van der Waals surface area (Å²) in [5.41, 5.74) is 5.91. The third-order valence-electron chi connectivity index (χ3n) is 13.7. The van der Waals surface area contributed by atoms with Crippen LogP contribution in [-0.2, 0) is 15.6 Å². The summed E-state index contributed by atoms with van der Waals surface area (Å²) in [6.07, 6.45) is 7.26. The molecule has 0 bridgehead atoms. The molecule has 10 rings (SSSR count). The molecule has 16 heteroatoms. The van der Waals surface area contributed by atoms with Gasteiger partial charge in [-0.3, -0.25) is 9.59 Å². The molecule has 14 nitrogen and oxygen atoms in total. The molecule has 4 fully saturated rings. The van der Waals surface area contributed by atoms with E-state index in [-0.39, 0.29) is 47.3 Å². The normalized spacial score (nSPS) is 19.2. The van der Waals surface area contributed by atoms with Gasteiger partial charge in [0.15, 0.2) is 11.3 Å². The third-order valence-corrected chi connectivity index (χ3v) is 13.7. The van der Waals surface area contributed by atoms with Gasteiger partial charge in [0.1, 0.15) is 28.6 Å². The van der Waals surface area contributed by atoms with E-state index >= 15 is 0 Å². The molecular weight excluding hydrogens is 855 g/mol. The molecule has 2 aliphatic carbocycles. The summed E-state index contributed by atoms with van der Waals surface area (Å²) in [6.45, 7) is 21.2. The van der Waals surface area contributed by atoms with Gasteiger partial charge < -0.3 is 24.8 Å². The van der Waals surface area contributed by atoms with Crippen LogP contribution in [0.25, 0.3) is 33.8 Å². The van der Waals surface area contributed by atoms with Gasteiger partial charge in [0.05, 0.1) is 34.9 Å². The van der Waals surface area contributed by atoms with E-state index in [1.807, 2.05) is 51.7 Å². The second kappa shape index (κ2) is 16.5. The Bertz CT molecular complexity index is 2900. The van der Waals surface area contributed by atoms with Crippen LogP contribution >= 0.6 is 0 Å². The second-order valence-corrected chi connectivity index (χ2v) is 21.4. The first kappa shape index (κ1) is 45.8. The van der Waals surface area contributed by atoms with E-state index in [2.05, 4.69) is 33.0 Å². The van der Waals surface area contributed by atoms with Gasteiger partial charge in [-0.05, 0) is 146 Å². The predicted molar refractivity (Wildman–Crippen MR) is 253 cm³/mol. The molecule has 0 spiro atoms. The lowest BCUT2D eigenvalue weighted by atomic mass is 9.98. The highest BCUT2D eigenvalue weighted by molar-refractivity contribution is 5.94. The maximum absolute atomic E-state index is 13.7. The van der Waals surface area contributed by atoms with Crippen molar-refractivity contribution in [2.45, 2.75) is 116 Å². The van der Waals surface area contributed by atoms with Crippen LogP contribution in [0.2, 0.25) is 0 Å². The van der Waals surface area contributed by atoms with Crippen molar-refractivity contribution in [2.24, 2.45) is 0 Å². The number of carbonyl (C=O) groups is 3. The minimum Gasteiger partial charge on any atom is -0.444 e. The highest BCUT2D eigenvalue weighted by atomic mass is 19.1. The number of hydrogen-bond donors (Lipinski definition) is 1. The Hall–Kier alpha value is -6.29. The fourth-order valence-electron chi connectivity index (χ4n) is 9.14. The number of amides is 3. The molecule has 3 amide bonds. The molecule has 4 aromatic heterocycles. The molecule has 0 radical (unpaired) electrons. The van der Waals surface area contributed by atoms with E-state index in [0.29, 0.717) is 48.9 Å². The van der Waals surface area contributed by atoms with E-state index in [1.165, 1.54) is 24.3 Å². The molecule has 354 valence electrons. The summed E-state index contributed by atoms with van der Waals surface area (Å²) in [7, 11) is 0. The molecule has 6 heterocycles. The SMILES string of the molecule is CC(C)(C)OC(=O)N1CCN(C(=O)c2cn3nc(-c4ccc(F)cc4)cc(C4(C)CC4)c3n2)C(C)(C)C1.CC1(c2cc(-c3ccc(F)cc3)nn3cc(C(=O)N4CCNCC4(C)C)nc23)CC1.[HH]. The average molecular weight is 917 g/mol. The summed E-state index contributed by atoms with van der Waals surface area (Å²) < 4.78 is 35.8. The molecule has 67 heavy (non-hydrogen) atoms. The summed E-state index contributed by atoms with van der Waals surface area (Å²) in [4.78, 5) is 54.5. The molecule has 0 unspecified atom stereocenters. The van der Waals surface area contributed by atoms with Crippen molar-refractivity contribution < 1.29 is 29.3 Å². The number of nitrogens with zero attached hydrogens (tertiary/aromatic N) is 9. The fourth-order valence-corrected chi connectivity index (χ4v) is 9.14. The van der Waals surface area contributed by atoms with Crippen molar-refractivity contribution in [1.82, 2.24) is 49.2 Å². The zero-order valence-corrected chi connectivity index (χ0v) is 39.9. The lowest BCUT2D eigenvalue weighted by Crippen LogP contribution is -2.62. The quantitative estimate of drug-likeness (QED) is 0.174.